The van der Waals surface area contributed by atoms with Crippen molar-refractivity contribution in [1.29, 1.82) is 5.26 Å². The minimum Gasteiger partial charge on any atom is -0.490 e. The highest BCUT2D eigenvalue weighted by Gasteiger charge is 2.06. The van der Waals surface area contributed by atoms with Gasteiger partial charge < -0.3 is 9.47 Å². The Bertz CT molecular complexity index is 662. The Hall–Kier alpha value is -3.07. The number of nitro benzene ring substituents is 1. The lowest BCUT2D eigenvalue weighted by atomic mass is 10.2. The smallest absolute Gasteiger partial charge is 0.273 e. The Labute approximate surface area is 121 Å². The van der Waals surface area contributed by atoms with Crippen molar-refractivity contribution in [2.24, 2.45) is 0 Å². The third kappa shape index (κ3) is 4.21. The number of ether oxygens (including phenoxy) is 2. The van der Waals surface area contributed by atoms with Crippen LogP contribution in [0.4, 0.5) is 5.69 Å². The standard InChI is InChI=1S/C15H12N2O4/c16-11-12-4-6-14(7-5-12)20-8-9-21-15-3-1-2-13(10-15)17(18)19/h1-7,10H,8-9H2. The number of hydrogen-bond acceptors (Lipinski definition) is 5. The fourth-order valence-corrected chi connectivity index (χ4v) is 1.63. The summed E-state index contributed by atoms with van der Waals surface area (Å²) < 4.78 is 10.8. The molecule has 0 aliphatic rings. The van der Waals surface area contributed by atoms with Crippen LogP contribution >= 0.6 is 0 Å². The lowest BCUT2D eigenvalue weighted by Gasteiger charge is -2.08. The zero-order chi connectivity index (χ0) is 15.1. The molecular formula is C15H12N2O4. The summed E-state index contributed by atoms with van der Waals surface area (Å²) in [4.78, 5) is 10.2. The molecule has 0 saturated heterocycles. The molecule has 21 heavy (non-hydrogen) atoms. The molecule has 0 radical (unpaired) electrons. The summed E-state index contributed by atoms with van der Waals surface area (Å²) in [5.74, 6) is 1.06. The van der Waals surface area contributed by atoms with Gasteiger partial charge in [0.05, 0.1) is 22.6 Å². The van der Waals surface area contributed by atoms with E-state index >= 15 is 0 Å². The summed E-state index contributed by atoms with van der Waals surface area (Å²) in [6, 6.07) is 14.7. The molecule has 2 rings (SSSR count). The molecule has 0 spiro atoms. The number of rotatable bonds is 6. The summed E-state index contributed by atoms with van der Waals surface area (Å²) >= 11 is 0. The molecule has 2 aromatic carbocycles. The van der Waals surface area contributed by atoms with Gasteiger partial charge in [-0.15, -0.1) is 0 Å². The largest absolute Gasteiger partial charge is 0.490 e. The number of non-ortho nitro benzene ring substituents is 1. The highest BCUT2D eigenvalue weighted by molar-refractivity contribution is 5.38. The maximum Gasteiger partial charge on any atom is 0.273 e. The van der Waals surface area contributed by atoms with E-state index in [0.717, 1.165) is 0 Å². The van der Waals surface area contributed by atoms with E-state index in [1.54, 1.807) is 36.4 Å². The average Bonchev–Trinajstić information content (AvgIpc) is 2.52. The molecule has 0 atom stereocenters. The zero-order valence-corrected chi connectivity index (χ0v) is 11.1. The first kappa shape index (κ1) is 14.3. The lowest BCUT2D eigenvalue weighted by Crippen LogP contribution is -2.09. The van der Waals surface area contributed by atoms with E-state index in [9.17, 15) is 10.1 Å². The van der Waals surface area contributed by atoms with Crippen molar-refractivity contribution in [3.8, 4) is 17.6 Å². The van der Waals surface area contributed by atoms with Crippen molar-refractivity contribution < 1.29 is 14.4 Å². The van der Waals surface area contributed by atoms with E-state index in [2.05, 4.69) is 0 Å². The zero-order valence-electron chi connectivity index (χ0n) is 11.1. The molecule has 0 heterocycles. The van der Waals surface area contributed by atoms with Gasteiger partial charge in [0, 0.05) is 6.07 Å². The molecule has 0 unspecified atom stereocenters. The first-order valence-corrected chi connectivity index (χ1v) is 6.19. The minimum atomic E-state index is -0.472. The van der Waals surface area contributed by atoms with Gasteiger partial charge in [-0.1, -0.05) is 6.07 Å². The van der Waals surface area contributed by atoms with Crippen LogP contribution in [-0.4, -0.2) is 18.1 Å². The van der Waals surface area contributed by atoms with Gasteiger partial charge in [-0.2, -0.15) is 5.26 Å². The third-order valence-electron chi connectivity index (χ3n) is 2.63. The van der Waals surface area contributed by atoms with E-state index < -0.39 is 4.92 Å². The average molecular weight is 284 g/mol. The van der Waals surface area contributed by atoms with Gasteiger partial charge in [0.1, 0.15) is 24.7 Å². The van der Waals surface area contributed by atoms with Gasteiger partial charge in [0.2, 0.25) is 0 Å². The summed E-state index contributed by atoms with van der Waals surface area (Å²) in [6.45, 7) is 0.565. The monoisotopic (exact) mass is 284 g/mol. The third-order valence-corrected chi connectivity index (χ3v) is 2.63. The molecule has 0 saturated carbocycles. The van der Waals surface area contributed by atoms with Crippen molar-refractivity contribution in [1.82, 2.24) is 0 Å². The van der Waals surface area contributed by atoms with Crippen LogP contribution < -0.4 is 9.47 Å². The number of nitriles is 1. The Kier molecular flexibility index (Phi) is 4.72. The molecule has 0 N–H and O–H groups in total. The van der Waals surface area contributed by atoms with Crippen LogP contribution in [0, 0.1) is 21.4 Å². The summed E-state index contributed by atoms with van der Waals surface area (Å²) in [7, 11) is 0. The van der Waals surface area contributed by atoms with Crippen molar-refractivity contribution >= 4 is 5.69 Å². The van der Waals surface area contributed by atoms with Gasteiger partial charge in [-0.25, -0.2) is 0 Å². The predicted molar refractivity (Wildman–Crippen MR) is 75.2 cm³/mol. The Morgan fingerprint density at radius 3 is 2.33 bits per heavy atom. The molecular weight excluding hydrogens is 272 g/mol. The Morgan fingerprint density at radius 1 is 1.05 bits per heavy atom. The van der Waals surface area contributed by atoms with Crippen molar-refractivity contribution in [3.05, 3.63) is 64.2 Å². The Balaban J connectivity index is 1.80. The molecule has 6 heteroatoms. The van der Waals surface area contributed by atoms with Crippen LogP contribution in [0.1, 0.15) is 5.56 Å². The fraction of sp³-hybridized carbons (Fsp3) is 0.133. The van der Waals surface area contributed by atoms with E-state index in [0.29, 0.717) is 23.7 Å². The quantitative estimate of drug-likeness (QED) is 0.462. The van der Waals surface area contributed by atoms with Crippen molar-refractivity contribution in [2.45, 2.75) is 0 Å². The molecule has 0 fully saturated rings. The molecule has 0 amide bonds. The van der Waals surface area contributed by atoms with Crippen LogP contribution in [0.5, 0.6) is 11.5 Å². The maximum absolute atomic E-state index is 10.6. The molecule has 2 aromatic rings. The normalized spacial score (nSPS) is 9.67. The van der Waals surface area contributed by atoms with Gasteiger partial charge >= 0.3 is 0 Å². The number of nitro groups is 1. The summed E-state index contributed by atoms with van der Waals surface area (Å²) in [5.41, 5.74) is 0.552. The van der Waals surface area contributed by atoms with E-state index in [1.165, 1.54) is 12.1 Å². The SMILES string of the molecule is N#Cc1ccc(OCCOc2cccc([N+](=O)[O-])c2)cc1. The number of nitrogens with zero attached hydrogens (tertiary/aromatic N) is 2. The minimum absolute atomic E-state index is 0.0134. The van der Waals surface area contributed by atoms with Crippen LogP contribution in [0.25, 0.3) is 0 Å². The van der Waals surface area contributed by atoms with Gasteiger partial charge in [0.25, 0.3) is 5.69 Å². The number of hydrogen-bond donors (Lipinski definition) is 0. The second kappa shape index (κ2) is 6.91. The summed E-state index contributed by atoms with van der Waals surface area (Å²) in [5, 5.41) is 19.3. The second-order valence-corrected chi connectivity index (χ2v) is 4.09. The molecule has 6 nitrogen and oxygen atoms in total. The summed E-state index contributed by atoms with van der Waals surface area (Å²) in [6.07, 6.45) is 0. The Morgan fingerprint density at radius 2 is 1.71 bits per heavy atom. The predicted octanol–water partition coefficient (Wildman–Crippen LogP) is 2.92. The highest BCUT2D eigenvalue weighted by atomic mass is 16.6. The van der Waals surface area contributed by atoms with E-state index in [-0.39, 0.29) is 12.3 Å². The molecule has 0 bridgehead atoms. The molecule has 106 valence electrons. The van der Waals surface area contributed by atoms with Crippen LogP contribution in [-0.2, 0) is 0 Å². The molecule has 0 aromatic heterocycles. The molecule has 0 aliphatic carbocycles. The maximum atomic E-state index is 10.6. The first-order chi connectivity index (χ1) is 10.2. The topological polar surface area (TPSA) is 85.4 Å². The van der Waals surface area contributed by atoms with Gasteiger partial charge in [-0.3, -0.25) is 10.1 Å². The highest BCUT2D eigenvalue weighted by Crippen LogP contribution is 2.19. The van der Waals surface area contributed by atoms with E-state index in [4.69, 9.17) is 14.7 Å². The number of benzene rings is 2. The van der Waals surface area contributed by atoms with Crippen LogP contribution in [0.2, 0.25) is 0 Å². The first-order valence-electron chi connectivity index (χ1n) is 6.19. The van der Waals surface area contributed by atoms with Crippen LogP contribution in [0.3, 0.4) is 0 Å². The lowest BCUT2D eigenvalue weighted by molar-refractivity contribution is -0.384. The second-order valence-electron chi connectivity index (χ2n) is 4.09. The van der Waals surface area contributed by atoms with Gasteiger partial charge in [0.15, 0.2) is 0 Å². The molecule has 0 aliphatic heterocycles. The van der Waals surface area contributed by atoms with Crippen molar-refractivity contribution in [2.75, 3.05) is 13.2 Å². The van der Waals surface area contributed by atoms with Gasteiger partial charge in [-0.05, 0) is 30.3 Å². The van der Waals surface area contributed by atoms with Crippen molar-refractivity contribution in [3.63, 3.8) is 0 Å². The van der Waals surface area contributed by atoms with Crippen LogP contribution in [0.15, 0.2) is 48.5 Å². The van der Waals surface area contributed by atoms with E-state index in [1.807, 2.05) is 6.07 Å². The fourth-order valence-electron chi connectivity index (χ4n) is 1.63.